The number of aromatic nitrogens is 2. The molecule has 24 heavy (non-hydrogen) atoms. The van der Waals surface area contributed by atoms with Crippen molar-refractivity contribution >= 4 is 29.2 Å². The molecule has 0 N–H and O–H groups in total. The minimum absolute atomic E-state index is 0.0259. The molecule has 3 rings (SSSR count). The van der Waals surface area contributed by atoms with E-state index in [1.54, 1.807) is 27.8 Å². The summed E-state index contributed by atoms with van der Waals surface area (Å²) < 4.78 is 1.84. The number of aryl methyl sites for hydroxylation is 1. The van der Waals surface area contributed by atoms with Crippen molar-refractivity contribution in [2.24, 2.45) is 0 Å². The van der Waals surface area contributed by atoms with Crippen molar-refractivity contribution < 1.29 is 9.59 Å². The number of fused-ring (bicyclic) bond motifs is 1. The van der Waals surface area contributed by atoms with Crippen LogP contribution in [0.25, 0.3) is 5.65 Å². The molecule has 2 aromatic rings. The van der Waals surface area contributed by atoms with Gasteiger partial charge in [0.05, 0.1) is 5.88 Å². The average molecular weight is 346 g/mol. The molecular weight excluding hydrogens is 324 g/mol. The lowest BCUT2D eigenvalue weighted by Gasteiger charge is -2.27. The smallest absolute Gasteiger partial charge is 0.275 e. The van der Waals surface area contributed by atoms with Crippen molar-refractivity contribution in [1.29, 1.82) is 0 Å². The highest BCUT2D eigenvalue weighted by molar-refractivity contribution is 7.99. The predicted molar refractivity (Wildman–Crippen MR) is 95.1 cm³/mol. The third kappa shape index (κ3) is 3.00. The van der Waals surface area contributed by atoms with Gasteiger partial charge < -0.3 is 14.2 Å². The summed E-state index contributed by atoms with van der Waals surface area (Å²) in [5, 5.41) is 0. The lowest BCUT2D eigenvalue weighted by atomic mass is 10.2. The summed E-state index contributed by atoms with van der Waals surface area (Å²) in [5.74, 6) is 1.03. The summed E-state index contributed by atoms with van der Waals surface area (Å²) >= 11 is 1.61. The molecule has 1 aliphatic rings. The molecule has 0 saturated carbocycles. The molecule has 0 unspecified atom stereocenters. The van der Waals surface area contributed by atoms with E-state index in [4.69, 9.17) is 0 Å². The Morgan fingerprint density at radius 2 is 2.12 bits per heavy atom. The Labute approximate surface area is 145 Å². The fraction of sp³-hybridized carbons (Fsp3) is 0.471. The number of carbonyl (C=O) groups is 2. The second kappa shape index (κ2) is 6.84. The van der Waals surface area contributed by atoms with Crippen molar-refractivity contribution in [3.05, 3.63) is 35.8 Å². The minimum atomic E-state index is -0.394. The van der Waals surface area contributed by atoms with Gasteiger partial charge in [-0.15, -0.1) is 11.8 Å². The maximum atomic E-state index is 12.9. The third-order valence-electron chi connectivity index (χ3n) is 4.34. The number of imidazole rings is 1. The van der Waals surface area contributed by atoms with E-state index in [2.05, 4.69) is 4.98 Å². The molecule has 0 bridgehead atoms. The number of pyridine rings is 1. The summed E-state index contributed by atoms with van der Waals surface area (Å²) in [4.78, 5) is 33.4. The Morgan fingerprint density at radius 1 is 1.38 bits per heavy atom. The van der Waals surface area contributed by atoms with Gasteiger partial charge in [-0.25, -0.2) is 4.98 Å². The lowest BCUT2D eigenvalue weighted by Crippen LogP contribution is -2.49. The average Bonchev–Trinajstić information content (AvgIpc) is 3.21. The van der Waals surface area contributed by atoms with Crippen LogP contribution in [-0.2, 0) is 4.79 Å². The molecule has 2 aromatic heterocycles. The Morgan fingerprint density at radius 3 is 2.83 bits per heavy atom. The van der Waals surface area contributed by atoms with Crippen molar-refractivity contribution in [2.75, 3.05) is 24.7 Å². The minimum Gasteiger partial charge on any atom is -0.341 e. The SMILES string of the molecule is CCN(CC)C(=O)[C@H]1CSCN1C(=O)c1cn2ccc(C)cc2n1. The first-order valence-corrected chi connectivity index (χ1v) is 9.33. The summed E-state index contributed by atoms with van der Waals surface area (Å²) in [5.41, 5.74) is 2.23. The number of carbonyl (C=O) groups excluding carboxylic acids is 2. The summed E-state index contributed by atoms with van der Waals surface area (Å²) in [7, 11) is 0. The maximum absolute atomic E-state index is 12.9. The number of nitrogens with zero attached hydrogens (tertiary/aromatic N) is 4. The first-order valence-electron chi connectivity index (χ1n) is 8.18. The monoisotopic (exact) mass is 346 g/mol. The summed E-state index contributed by atoms with van der Waals surface area (Å²) in [6.45, 7) is 7.23. The fourth-order valence-electron chi connectivity index (χ4n) is 2.93. The fourth-order valence-corrected chi connectivity index (χ4v) is 4.07. The van der Waals surface area contributed by atoms with E-state index in [1.807, 2.05) is 43.5 Å². The van der Waals surface area contributed by atoms with Crippen LogP contribution in [0.3, 0.4) is 0 Å². The van der Waals surface area contributed by atoms with Crippen molar-refractivity contribution in [2.45, 2.75) is 26.8 Å². The molecule has 1 atom stereocenters. The molecule has 0 radical (unpaired) electrons. The molecule has 1 saturated heterocycles. The van der Waals surface area contributed by atoms with Crippen LogP contribution in [0.15, 0.2) is 24.5 Å². The number of rotatable bonds is 4. The van der Waals surface area contributed by atoms with Gasteiger partial charge in [0.25, 0.3) is 5.91 Å². The first-order chi connectivity index (χ1) is 11.5. The molecule has 3 heterocycles. The molecule has 128 valence electrons. The Kier molecular flexibility index (Phi) is 4.80. The van der Waals surface area contributed by atoms with Gasteiger partial charge in [0, 0.05) is 31.2 Å². The zero-order valence-corrected chi connectivity index (χ0v) is 15.0. The normalized spacial score (nSPS) is 17.5. The topological polar surface area (TPSA) is 57.9 Å². The zero-order chi connectivity index (χ0) is 17.3. The highest BCUT2D eigenvalue weighted by Gasteiger charge is 2.37. The van der Waals surface area contributed by atoms with Crippen LogP contribution in [0.4, 0.5) is 0 Å². The van der Waals surface area contributed by atoms with E-state index in [1.165, 1.54) is 0 Å². The van der Waals surface area contributed by atoms with Gasteiger partial charge in [0.15, 0.2) is 0 Å². The van der Waals surface area contributed by atoms with E-state index >= 15 is 0 Å². The van der Waals surface area contributed by atoms with Crippen LogP contribution >= 0.6 is 11.8 Å². The largest absolute Gasteiger partial charge is 0.341 e. The van der Waals surface area contributed by atoms with E-state index in [0.717, 1.165) is 11.2 Å². The second-order valence-electron chi connectivity index (χ2n) is 5.90. The zero-order valence-electron chi connectivity index (χ0n) is 14.2. The summed E-state index contributed by atoms with van der Waals surface area (Å²) in [6.07, 6.45) is 3.63. The molecule has 0 spiro atoms. The molecular formula is C17H22N4O2S. The van der Waals surface area contributed by atoms with Crippen LogP contribution in [0.5, 0.6) is 0 Å². The van der Waals surface area contributed by atoms with E-state index < -0.39 is 6.04 Å². The Bertz CT molecular complexity index is 769. The lowest BCUT2D eigenvalue weighted by molar-refractivity contribution is -0.134. The number of thioether (sulfide) groups is 1. The van der Waals surface area contributed by atoms with Gasteiger partial charge in [0.1, 0.15) is 17.4 Å². The Hall–Kier alpha value is -2.02. The summed E-state index contributed by atoms with van der Waals surface area (Å²) in [6, 6.07) is 3.52. The molecule has 7 heteroatoms. The van der Waals surface area contributed by atoms with Crippen LogP contribution in [0.1, 0.15) is 29.9 Å². The van der Waals surface area contributed by atoms with Crippen molar-refractivity contribution in [3.8, 4) is 0 Å². The molecule has 0 aliphatic carbocycles. The van der Waals surface area contributed by atoms with Crippen LogP contribution < -0.4 is 0 Å². The molecule has 2 amide bonds. The van der Waals surface area contributed by atoms with Crippen molar-refractivity contribution in [1.82, 2.24) is 19.2 Å². The number of hydrogen-bond acceptors (Lipinski definition) is 4. The van der Waals surface area contributed by atoms with Crippen molar-refractivity contribution in [3.63, 3.8) is 0 Å². The number of likely N-dealkylation sites (N-methyl/N-ethyl adjacent to an activating group) is 1. The van der Waals surface area contributed by atoms with Gasteiger partial charge in [-0.2, -0.15) is 0 Å². The molecule has 1 aliphatic heterocycles. The van der Waals surface area contributed by atoms with Gasteiger partial charge in [-0.3, -0.25) is 9.59 Å². The number of amides is 2. The maximum Gasteiger partial charge on any atom is 0.275 e. The first kappa shape index (κ1) is 16.8. The van der Waals surface area contributed by atoms with Gasteiger partial charge in [0.2, 0.25) is 5.91 Å². The predicted octanol–water partition coefficient (Wildman–Crippen LogP) is 2.03. The van der Waals surface area contributed by atoms with Gasteiger partial charge >= 0.3 is 0 Å². The third-order valence-corrected chi connectivity index (χ3v) is 5.35. The van der Waals surface area contributed by atoms with E-state index in [0.29, 0.717) is 30.4 Å². The van der Waals surface area contributed by atoms with E-state index in [9.17, 15) is 9.59 Å². The standard InChI is InChI=1S/C17H22N4O2S/c1-4-19(5-2)17(23)14-10-24-11-21(14)16(22)13-9-20-7-6-12(3)8-15(20)18-13/h6-9,14H,4-5,10-11H2,1-3H3/t14-/m1/s1. The highest BCUT2D eigenvalue weighted by Crippen LogP contribution is 2.24. The van der Waals surface area contributed by atoms with Crippen LogP contribution in [0, 0.1) is 6.92 Å². The molecule has 0 aromatic carbocycles. The molecule has 6 nitrogen and oxygen atoms in total. The van der Waals surface area contributed by atoms with Gasteiger partial charge in [-0.1, -0.05) is 0 Å². The highest BCUT2D eigenvalue weighted by atomic mass is 32.2. The van der Waals surface area contributed by atoms with Gasteiger partial charge in [-0.05, 0) is 38.5 Å². The quantitative estimate of drug-likeness (QED) is 0.850. The van der Waals surface area contributed by atoms with Crippen LogP contribution in [0.2, 0.25) is 0 Å². The second-order valence-corrected chi connectivity index (χ2v) is 6.90. The molecule has 1 fully saturated rings. The Balaban J connectivity index is 1.85. The van der Waals surface area contributed by atoms with Crippen LogP contribution in [-0.4, -0.2) is 61.8 Å². The van der Waals surface area contributed by atoms with E-state index in [-0.39, 0.29) is 11.8 Å². The number of hydrogen-bond donors (Lipinski definition) is 0.